The van der Waals surface area contributed by atoms with Crippen LogP contribution in [0.25, 0.3) is 0 Å². The number of benzene rings is 1. The van der Waals surface area contributed by atoms with Crippen molar-refractivity contribution in [3.8, 4) is 0 Å². The fourth-order valence-electron chi connectivity index (χ4n) is 4.19. The molecule has 1 aromatic carbocycles. The molecule has 3 fully saturated rings. The largest absolute Gasteiger partial charge is 0.477 e. The molecule has 0 radical (unpaired) electrons. The monoisotopic (exact) mass is 414 g/mol. The molecule has 154 valence electrons. The minimum absolute atomic E-state index is 0.135. The maximum atomic E-state index is 13.0. The number of ether oxygens (including phenoxy) is 1. The van der Waals surface area contributed by atoms with Gasteiger partial charge < -0.3 is 14.7 Å². The fraction of sp³-hybridized carbons (Fsp3) is 0.455. The summed E-state index contributed by atoms with van der Waals surface area (Å²) in [6.07, 6.45) is 3.28. The predicted octanol–water partition coefficient (Wildman–Crippen LogP) is 3.31. The number of carbonyl (C=O) groups excluding carboxylic acids is 1. The molecular formula is C22H26N2O4S. The number of carboxylic acid groups (broad SMARTS) is 1. The van der Waals surface area contributed by atoms with E-state index in [0.29, 0.717) is 18.0 Å². The Bertz CT molecular complexity index is 845. The number of nitrogens with one attached hydrogen (secondary N) is 1. The molecule has 0 saturated carbocycles. The molecule has 2 aromatic rings. The molecule has 0 amide bonds. The Labute approximate surface area is 174 Å². The molecule has 7 heteroatoms. The van der Waals surface area contributed by atoms with E-state index in [-0.39, 0.29) is 11.4 Å². The normalized spacial score (nSPS) is 24.2. The number of hydrogen-bond donors (Lipinski definition) is 2. The van der Waals surface area contributed by atoms with E-state index in [1.807, 2.05) is 30.3 Å². The molecule has 4 heterocycles. The first-order chi connectivity index (χ1) is 14.0. The maximum Gasteiger partial charge on any atom is 0.345 e. The van der Waals surface area contributed by atoms with Gasteiger partial charge in [0.2, 0.25) is 0 Å². The van der Waals surface area contributed by atoms with Crippen LogP contribution in [-0.2, 0) is 16.1 Å². The third kappa shape index (κ3) is 4.69. The van der Waals surface area contributed by atoms with Crippen molar-refractivity contribution in [2.75, 3.05) is 26.2 Å². The summed E-state index contributed by atoms with van der Waals surface area (Å²) in [6.45, 7) is 4.19. The average molecular weight is 415 g/mol. The second-order valence-electron chi connectivity index (χ2n) is 8.00. The maximum absolute atomic E-state index is 13.0. The Morgan fingerprint density at radius 1 is 1.10 bits per heavy atom. The number of carbonyl (C=O) groups is 2. The van der Waals surface area contributed by atoms with E-state index in [1.165, 1.54) is 11.3 Å². The first-order valence-electron chi connectivity index (χ1n) is 10.0. The van der Waals surface area contributed by atoms with Gasteiger partial charge in [-0.1, -0.05) is 30.3 Å². The number of aromatic carboxylic acids is 1. The van der Waals surface area contributed by atoms with Gasteiger partial charge in [0.25, 0.3) is 0 Å². The molecule has 3 aliphatic rings. The summed E-state index contributed by atoms with van der Waals surface area (Å²) in [7, 11) is 0. The molecule has 3 saturated heterocycles. The number of piperidine rings is 3. The summed E-state index contributed by atoms with van der Waals surface area (Å²) in [6, 6.07) is 12.3. The minimum Gasteiger partial charge on any atom is -0.477 e. The topological polar surface area (TPSA) is 78.9 Å². The summed E-state index contributed by atoms with van der Waals surface area (Å²) in [5.41, 5.74) is 0.985. The summed E-state index contributed by atoms with van der Waals surface area (Å²) in [5.74, 6) is -1.20. The first kappa shape index (κ1) is 20.1. The van der Waals surface area contributed by atoms with Crippen LogP contribution in [0.3, 0.4) is 0 Å². The lowest BCUT2D eigenvalue weighted by Crippen LogP contribution is -2.50. The summed E-state index contributed by atoms with van der Waals surface area (Å²) in [5, 5.41) is 12.4. The number of carboxylic acids is 1. The number of esters is 1. The molecule has 5 rings (SSSR count). The van der Waals surface area contributed by atoms with Gasteiger partial charge in [0.1, 0.15) is 10.9 Å². The van der Waals surface area contributed by atoms with Gasteiger partial charge in [-0.25, -0.2) is 9.59 Å². The molecule has 2 N–H and O–H groups in total. The van der Waals surface area contributed by atoms with Crippen molar-refractivity contribution in [2.45, 2.75) is 31.8 Å². The van der Waals surface area contributed by atoms with Gasteiger partial charge in [-0.2, -0.15) is 0 Å². The minimum atomic E-state index is -0.932. The van der Waals surface area contributed by atoms with Crippen molar-refractivity contribution >= 4 is 23.3 Å². The zero-order valence-corrected chi connectivity index (χ0v) is 17.1. The third-order valence-electron chi connectivity index (χ3n) is 6.12. The Morgan fingerprint density at radius 3 is 2.41 bits per heavy atom. The van der Waals surface area contributed by atoms with Crippen molar-refractivity contribution in [3.05, 3.63) is 57.8 Å². The highest BCUT2D eigenvalue weighted by Gasteiger charge is 2.40. The van der Waals surface area contributed by atoms with Gasteiger partial charge in [-0.05, 0) is 56.6 Å². The Balaban J connectivity index is 1.42. The predicted molar refractivity (Wildman–Crippen MR) is 111 cm³/mol. The van der Waals surface area contributed by atoms with E-state index in [2.05, 4.69) is 10.2 Å². The highest BCUT2D eigenvalue weighted by atomic mass is 32.1. The highest BCUT2D eigenvalue weighted by molar-refractivity contribution is 7.13. The number of nitrogens with zero attached hydrogens (tertiary/aromatic N) is 1. The zero-order valence-electron chi connectivity index (χ0n) is 16.3. The van der Waals surface area contributed by atoms with E-state index >= 15 is 0 Å². The van der Waals surface area contributed by atoms with E-state index in [1.54, 1.807) is 12.1 Å². The van der Waals surface area contributed by atoms with Crippen molar-refractivity contribution in [1.29, 1.82) is 0 Å². The third-order valence-corrected chi connectivity index (χ3v) is 7.19. The Kier molecular flexibility index (Phi) is 5.99. The van der Waals surface area contributed by atoms with Crippen LogP contribution in [0.1, 0.15) is 45.4 Å². The number of rotatable bonds is 8. The van der Waals surface area contributed by atoms with E-state index < -0.39 is 12.0 Å². The van der Waals surface area contributed by atoms with Gasteiger partial charge >= 0.3 is 11.9 Å². The summed E-state index contributed by atoms with van der Waals surface area (Å²) in [4.78, 5) is 27.7. The molecule has 0 aliphatic carbocycles. The van der Waals surface area contributed by atoms with Gasteiger partial charge in [0.15, 0.2) is 0 Å². The Morgan fingerprint density at radius 2 is 1.79 bits per heavy atom. The van der Waals surface area contributed by atoms with Crippen LogP contribution in [-0.4, -0.2) is 48.2 Å². The molecule has 0 spiro atoms. The second kappa shape index (κ2) is 8.65. The van der Waals surface area contributed by atoms with E-state index in [9.17, 15) is 9.59 Å². The molecule has 2 bridgehead atoms. The van der Waals surface area contributed by atoms with Crippen LogP contribution < -0.4 is 5.32 Å². The van der Waals surface area contributed by atoms with Crippen molar-refractivity contribution in [3.63, 3.8) is 0 Å². The quantitative estimate of drug-likeness (QED) is 0.646. The van der Waals surface area contributed by atoms with Crippen LogP contribution >= 0.6 is 11.3 Å². The highest BCUT2D eigenvalue weighted by Crippen LogP contribution is 2.40. The standard InChI is InChI=1S/C22H26N2O4S/c25-20(26)18-7-6-17(29-18)14-23-19(16-4-2-1-3-5-16)21(27)28-15-22-8-11-24(12-9-22)13-10-22/h1-7,19,23H,8-15H2,(H,25,26). The smallest absolute Gasteiger partial charge is 0.345 e. The molecule has 3 aliphatic heterocycles. The zero-order chi connectivity index (χ0) is 20.3. The lowest BCUT2D eigenvalue weighted by Gasteiger charge is -2.48. The van der Waals surface area contributed by atoms with Crippen molar-refractivity contribution in [1.82, 2.24) is 10.2 Å². The van der Waals surface area contributed by atoms with Gasteiger partial charge in [-0.15, -0.1) is 11.3 Å². The van der Waals surface area contributed by atoms with Crippen molar-refractivity contribution in [2.24, 2.45) is 5.41 Å². The van der Waals surface area contributed by atoms with Crippen LogP contribution in [0.2, 0.25) is 0 Å². The van der Waals surface area contributed by atoms with E-state index in [0.717, 1.165) is 49.3 Å². The lowest BCUT2D eigenvalue weighted by atomic mass is 9.73. The van der Waals surface area contributed by atoms with Gasteiger partial charge in [0, 0.05) is 16.8 Å². The molecule has 29 heavy (non-hydrogen) atoms. The number of thiophene rings is 1. The summed E-state index contributed by atoms with van der Waals surface area (Å²) >= 11 is 1.22. The van der Waals surface area contributed by atoms with Crippen LogP contribution in [0, 0.1) is 5.41 Å². The molecular weight excluding hydrogens is 388 g/mol. The second-order valence-corrected chi connectivity index (χ2v) is 9.16. The molecule has 1 unspecified atom stereocenters. The number of hydrogen-bond acceptors (Lipinski definition) is 6. The molecule has 1 aromatic heterocycles. The average Bonchev–Trinajstić information content (AvgIpc) is 3.24. The van der Waals surface area contributed by atoms with Crippen LogP contribution in [0.5, 0.6) is 0 Å². The SMILES string of the molecule is O=C(O)c1ccc(CNC(C(=O)OCC23CCN(CC2)CC3)c2ccccc2)s1. The van der Waals surface area contributed by atoms with Crippen molar-refractivity contribution < 1.29 is 19.4 Å². The van der Waals surface area contributed by atoms with Gasteiger partial charge in [-0.3, -0.25) is 5.32 Å². The fourth-order valence-corrected chi connectivity index (χ4v) is 4.99. The first-order valence-corrected chi connectivity index (χ1v) is 10.9. The number of fused-ring (bicyclic) bond motifs is 3. The van der Waals surface area contributed by atoms with Crippen LogP contribution in [0.15, 0.2) is 42.5 Å². The van der Waals surface area contributed by atoms with Crippen LogP contribution in [0.4, 0.5) is 0 Å². The summed E-state index contributed by atoms with van der Waals surface area (Å²) < 4.78 is 5.84. The molecule has 6 nitrogen and oxygen atoms in total. The lowest BCUT2D eigenvalue weighted by molar-refractivity contribution is -0.153. The van der Waals surface area contributed by atoms with Gasteiger partial charge in [0.05, 0.1) is 6.61 Å². The Hall–Kier alpha value is -2.22. The molecule has 1 atom stereocenters. The van der Waals surface area contributed by atoms with E-state index in [4.69, 9.17) is 9.84 Å².